The highest BCUT2D eigenvalue weighted by molar-refractivity contribution is 5.93. The maximum absolute atomic E-state index is 12.1. The number of nitrogen functional groups attached to an aromatic ring is 1. The molecule has 0 spiro atoms. The molecular formula is C17H16N4O2. The Hall–Kier alpha value is -3.15. The first-order chi connectivity index (χ1) is 11.2. The normalized spacial score (nSPS) is 10.4. The van der Waals surface area contributed by atoms with Crippen LogP contribution < -0.4 is 11.1 Å². The summed E-state index contributed by atoms with van der Waals surface area (Å²) in [6, 6.07) is 12.6. The average Bonchev–Trinajstić information content (AvgIpc) is 3.06. The molecule has 0 radical (unpaired) electrons. The van der Waals surface area contributed by atoms with Gasteiger partial charge in [0.2, 0.25) is 0 Å². The number of pyridine rings is 1. The Morgan fingerprint density at radius 1 is 1.22 bits per heavy atom. The minimum absolute atomic E-state index is 0.253. The van der Waals surface area contributed by atoms with Crippen LogP contribution in [-0.4, -0.2) is 22.6 Å². The molecule has 1 aromatic carbocycles. The van der Waals surface area contributed by atoms with Crippen LogP contribution in [0.1, 0.15) is 16.1 Å². The Morgan fingerprint density at radius 3 is 2.78 bits per heavy atom. The molecule has 23 heavy (non-hydrogen) atoms. The van der Waals surface area contributed by atoms with Crippen molar-refractivity contribution < 1.29 is 9.32 Å². The van der Waals surface area contributed by atoms with Crippen LogP contribution in [-0.2, 0) is 6.42 Å². The van der Waals surface area contributed by atoms with E-state index in [4.69, 9.17) is 10.3 Å². The summed E-state index contributed by atoms with van der Waals surface area (Å²) < 4.78 is 5.21. The number of carbonyl (C=O) groups is 1. The molecule has 116 valence electrons. The van der Waals surface area contributed by atoms with Gasteiger partial charge in [0.15, 0.2) is 11.5 Å². The van der Waals surface area contributed by atoms with Gasteiger partial charge in [0.05, 0.1) is 0 Å². The standard InChI is InChI=1S/C17H16N4O2/c18-14-5-3-13(4-6-14)16-10-15(21-23-16)17(22)20-9-7-12-2-1-8-19-11-12/h1-6,8,10-11H,7,9,18H2,(H,20,22). The summed E-state index contributed by atoms with van der Waals surface area (Å²) in [5, 5.41) is 6.62. The quantitative estimate of drug-likeness (QED) is 0.705. The van der Waals surface area contributed by atoms with E-state index in [1.54, 1.807) is 30.6 Å². The van der Waals surface area contributed by atoms with Gasteiger partial charge in [-0.15, -0.1) is 0 Å². The van der Waals surface area contributed by atoms with Crippen LogP contribution in [0, 0.1) is 0 Å². The molecule has 1 amide bonds. The Kier molecular flexibility index (Phi) is 4.33. The van der Waals surface area contributed by atoms with Crippen LogP contribution in [0.4, 0.5) is 5.69 Å². The minimum Gasteiger partial charge on any atom is -0.399 e. The number of benzene rings is 1. The van der Waals surface area contributed by atoms with Crippen LogP contribution in [0.2, 0.25) is 0 Å². The molecule has 0 fully saturated rings. The van der Waals surface area contributed by atoms with Crippen molar-refractivity contribution in [1.82, 2.24) is 15.5 Å². The topological polar surface area (TPSA) is 94.0 Å². The monoisotopic (exact) mass is 308 g/mol. The van der Waals surface area contributed by atoms with Crippen LogP contribution in [0.5, 0.6) is 0 Å². The second-order valence-corrected chi connectivity index (χ2v) is 5.07. The van der Waals surface area contributed by atoms with Gasteiger partial charge in [-0.3, -0.25) is 9.78 Å². The smallest absolute Gasteiger partial charge is 0.273 e. The maximum Gasteiger partial charge on any atom is 0.273 e. The predicted molar refractivity (Wildman–Crippen MR) is 86.6 cm³/mol. The summed E-state index contributed by atoms with van der Waals surface area (Å²) in [7, 11) is 0. The molecule has 3 aromatic rings. The Bertz CT molecular complexity index is 782. The van der Waals surface area contributed by atoms with Crippen molar-refractivity contribution in [1.29, 1.82) is 0 Å². The summed E-state index contributed by atoms with van der Waals surface area (Å²) in [5.74, 6) is 0.266. The summed E-state index contributed by atoms with van der Waals surface area (Å²) in [6.07, 6.45) is 4.21. The van der Waals surface area contributed by atoms with Crippen molar-refractivity contribution in [3.8, 4) is 11.3 Å². The van der Waals surface area contributed by atoms with E-state index in [1.165, 1.54) is 0 Å². The van der Waals surface area contributed by atoms with Crippen molar-refractivity contribution in [2.45, 2.75) is 6.42 Å². The zero-order valence-corrected chi connectivity index (χ0v) is 12.4. The number of nitrogens with one attached hydrogen (secondary N) is 1. The number of rotatable bonds is 5. The van der Waals surface area contributed by atoms with Gasteiger partial charge in [0.25, 0.3) is 5.91 Å². The fourth-order valence-electron chi connectivity index (χ4n) is 2.12. The molecule has 2 aromatic heterocycles. The van der Waals surface area contributed by atoms with Gasteiger partial charge in [-0.05, 0) is 42.3 Å². The van der Waals surface area contributed by atoms with E-state index in [-0.39, 0.29) is 11.6 Å². The molecular weight excluding hydrogens is 292 g/mol. The van der Waals surface area contributed by atoms with Crippen LogP contribution in [0.15, 0.2) is 59.4 Å². The first kappa shape index (κ1) is 14.8. The third-order valence-corrected chi connectivity index (χ3v) is 3.36. The van der Waals surface area contributed by atoms with E-state index in [9.17, 15) is 4.79 Å². The lowest BCUT2D eigenvalue weighted by Crippen LogP contribution is -2.25. The molecule has 0 aliphatic heterocycles. The Morgan fingerprint density at radius 2 is 2.04 bits per heavy atom. The minimum atomic E-state index is -0.265. The van der Waals surface area contributed by atoms with Crippen LogP contribution >= 0.6 is 0 Å². The summed E-state index contributed by atoms with van der Waals surface area (Å²) in [6.45, 7) is 0.509. The molecule has 0 aliphatic rings. The van der Waals surface area contributed by atoms with E-state index in [0.29, 0.717) is 24.4 Å². The average molecular weight is 308 g/mol. The largest absolute Gasteiger partial charge is 0.399 e. The van der Waals surface area contributed by atoms with Crippen molar-refractivity contribution >= 4 is 11.6 Å². The molecule has 3 rings (SSSR count). The second kappa shape index (κ2) is 6.74. The zero-order valence-electron chi connectivity index (χ0n) is 12.4. The van der Waals surface area contributed by atoms with Crippen molar-refractivity contribution in [3.63, 3.8) is 0 Å². The molecule has 0 bridgehead atoms. The highest BCUT2D eigenvalue weighted by atomic mass is 16.5. The highest BCUT2D eigenvalue weighted by Crippen LogP contribution is 2.21. The number of nitrogens with two attached hydrogens (primary N) is 1. The number of hydrogen-bond acceptors (Lipinski definition) is 5. The van der Waals surface area contributed by atoms with Gasteiger partial charge < -0.3 is 15.6 Å². The number of amides is 1. The van der Waals surface area contributed by atoms with E-state index >= 15 is 0 Å². The SMILES string of the molecule is Nc1ccc(-c2cc(C(=O)NCCc3cccnc3)no2)cc1. The van der Waals surface area contributed by atoms with Crippen molar-refractivity contribution in [2.24, 2.45) is 0 Å². The fourth-order valence-corrected chi connectivity index (χ4v) is 2.12. The molecule has 0 saturated carbocycles. The van der Waals surface area contributed by atoms with Crippen LogP contribution in [0.25, 0.3) is 11.3 Å². The first-order valence-electron chi connectivity index (χ1n) is 7.22. The maximum atomic E-state index is 12.1. The third-order valence-electron chi connectivity index (χ3n) is 3.36. The van der Waals surface area contributed by atoms with Gasteiger partial charge in [-0.25, -0.2) is 0 Å². The lowest BCUT2D eigenvalue weighted by molar-refractivity contribution is 0.0945. The van der Waals surface area contributed by atoms with Gasteiger partial charge in [-0.1, -0.05) is 11.2 Å². The van der Waals surface area contributed by atoms with E-state index in [0.717, 1.165) is 11.1 Å². The van der Waals surface area contributed by atoms with E-state index in [2.05, 4.69) is 15.5 Å². The molecule has 0 atom stereocenters. The molecule has 2 heterocycles. The number of anilines is 1. The van der Waals surface area contributed by atoms with Crippen molar-refractivity contribution in [3.05, 3.63) is 66.1 Å². The number of hydrogen-bond donors (Lipinski definition) is 2. The lowest BCUT2D eigenvalue weighted by atomic mass is 10.1. The molecule has 0 aliphatic carbocycles. The summed E-state index contributed by atoms with van der Waals surface area (Å²) in [5.41, 5.74) is 8.45. The lowest BCUT2D eigenvalue weighted by Gasteiger charge is -2.02. The molecule has 0 unspecified atom stereocenters. The molecule has 3 N–H and O–H groups in total. The van der Waals surface area contributed by atoms with E-state index < -0.39 is 0 Å². The molecule has 0 saturated heterocycles. The van der Waals surface area contributed by atoms with Crippen LogP contribution in [0.3, 0.4) is 0 Å². The number of aromatic nitrogens is 2. The van der Waals surface area contributed by atoms with Crippen molar-refractivity contribution in [2.75, 3.05) is 12.3 Å². The van der Waals surface area contributed by atoms with Gasteiger partial charge in [-0.2, -0.15) is 0 Å². The second-order valence-electron chi connectivity index (χ2n) is 5.07. The molecule has 6 nitrogen and oxygen atoms in total. The van der Waals surface area contributed by atoms with Gasteiger partial charge in [0, 0.05) is 36.3 Å². The molecule has 6 heteroatoms. The predicted octanol–water partition coefficient (Wildman–Crippen LogP) is 2.29. The highest BCUT2D eigenvalue weighted by Gasteiger charge is 2.13. The van der Waals surface area contributed by atoms with E-state index in [1.807, 2.05) is 24.3 Å². The van der Waals surface area contributed by atoms with Gasteiger partial charge in [0.1, 0.15) is 0 Å². The first-order valence-corrected chi connectivity index (χ1v) is 7.22. The third kappa shape index (κ3) is 3.74. The zero-order chi connectivity index (χ0) is 16.1. The number of nitrogens with zero attached hydrogens (tertiary/aromatic N) is 2. The Labute approximate surface area is 133 Å². The fraction of sp³-hybridized carbons (Fsp3) is 0.118. The number of carbonyl (C=O) groups excluding carboxylic acids is 1. The summed E-state index contributed by atoms with van der Waals surface area (Å²) in [4.78, 5) is 16.1. The Balaban J connectivity index is 1.59. The van der Waals surface area contributed by atoms with Gasteiger partial charge >= 0.3 is 0 Å². The summed E-state index contributed by atoms with van der Waals surface area (Å²) >= 11 is 0.